The number of halogens is 1. The molecule has 0 fully saturated rings. The Hall–Kier alpha value is -1.59. The molecule has 0 aliphatic rings. The van der Waals surface area contributed by atoms with Crippen LogP contribution in [0.15, 0.2) is 24.3 Å². The van der Waals surface area contributed by atoms with E-state index in [2.05, 4.69) is 10.1 Å². The summed E-state index contributed by atoms with van der Waals surface area (Å²) in [7, 11) is 0. The number of benzene rings is 1. The summed E-state index contributed by atoms with van der Waals surface area (Å²) in [5, 5.41) is 4.99. The van der Waals surface area contributed by atoms with Gasteiger partial charge in [0, 0.05) is 11.6 Å². The number of ether oxygens (including phenoxy) is 1. The van der Waals surface area contributed by atoms with Crippen molar-refractivity contribution in [2.75, 3.05) is 0 Å². The number of hydrogen-bond acceptors (Lipinski definition) is 4. The molecule has 1 atom stereocenters. The molecule has 2 N–H and O–H groups in total. The Morgan fingerprint density at radius 3 is 2.84 bits per heavy atom. The van der Waals surface area contributed by atoms with Crippen molar-refractivity contribution in [1.82, 2.24) is 14.8 Å². The lowest BCUT2D eigenvalue weighted by atomic mass is 10.3. The first-order chi connectivity index (χ1) is 9.10. The van der Waals surface area contributed by atoms with E-state index in [9.17, 15) is 0 Å². The van der Waals surface area contributed by atoms with Gasteiger partial charge in [0.25, 0.3) is 0 Å². The number of rotatable bonds is 5. The SMILES string of the molecule is CCn1nc(COc2cccc(Cl)c2)nc1[C@@H](C)N. The maximum absolute atomic E-state index is 5.89. The molecule has 2 aromatic rings. The van der Waals surface area contributed by atoms with Crippen LogP contribution >= 0.6 is 11.6 Å². The molecule has 0 unspecified atom stereocenters. The summed E-state index contributed by atoms with van der Waals surface area (Å²) in [5.41, 5.74) is 5.85. The summed E-state index contributed by atoms with van der Waals surface area (Å²) >= 11 is 5.89. The second-order valence-electron chi connectivity index (χ2n) is 4.24. The summed E-state index contributed by atoms with van der Waals surface area (Å²) in [5.74, 6) is 2.09. The van der Waals surface area contributed by atoms with Gasteiger partial charge in [-0.15, -0.1) is 0 Å². The van der Waals surface area contributed by atoms with Crippen molar-refractivity contribution >= 4 is 11.6 Å². The molecule has 6 heteroatoms. The average Bonchev–Trinajstić information content (AvgIpc) is 2.80. The van der Waals surface area contributed by atoms with Crippen molar-refractivity contribution in [3.8, 4) is 5.75 Å². The average molecular weight is 281 g/mol. The van der Waals surface area contributed by atoms with Crippen molar-refractivity contribution in [2.24, 2.45) is 5.73 Å². The van der Waals surface area contributed by atoms with Gasteiger partial charge in [-0.3, -0.25) is 0 Å². The smallest absolute Gasteiger partial charge is 0.188 e. The van der Waals surface area contributed by atoms with Gasteiger partial charge in [0.2, 0.25) is 0 Å². The maximum atomic E-state index is 5.89. The zero-order valence-electron chi connectivity index (χ0n) is 11.0. The number of aromatic nitrogens is 3. The molecule has 2 rings (SSSR count). The minimum Gasteiger partial charge on any atom is -0.485 e. The largest absolute Gasteiger partial charge is 0.485 e. The van der Waals surface area contributed by atoms with Gasteiger partial charge in [-0.25, -0.2) is 9.67 Å². The summed E-state index contributed by atoms with van der Waals surface area (Å²) in [6, 6.07) is 7.09. The molecule has 102 valence electrons. The summed E-state index contributed by atoms with van der Waals surface area (Å²) < 4.78 is 7.39. The van der Waals surface area contributed by atoms with Crippen LogP contribution in [0.5, 0.6) is 5.75 Å². The maximum Gasteiger partial charge on any atom is 0.188 e. The van der Waals surface area contributed by atoms with E-state index in [1.807, 2.05) is 26.0 Å². The zero-order valence-corrected chi connectivity index (χ0v) is 11.8. The predicted molar refractivity (Wildman–Crippen MR) is 74.1 cm³/mol. The van der Waals surface area contributed by atoms with Crippen LogP contribution in [0.25, 0.3) is 0 Å². The molecule has 1 aromatic heterocycles. The van der Waals surface area contributed by atoms with Crippen molar-refractivity contribution in [3.63, 3.8) is 0 Å². The van der Waals surface area contributed by atoms with Gasteiger partial charge in [-0.05, 0) is 32.0 Å². The van der Waals surface area contributed by atoms with Crippen molar-refractivity contribution in [1.29, 1.82) is 0 Å². The van der Waals surface area contributed by atoms with Crippen LogP contribution in [-0.4, -0.2) is 14.8 Å². The van der Waals surface area contributed by atoms with Crippen LogP contribution < -0.4 is 10.5 Å². The van der Waals surface area contributed by atoms with Gasteiger partial charge >= 0.3 is 0 Å². The van der Waals surface area contributed by atoms with Gasteiger partial charge < -0.3 is 10.5 Å². The Kier molecular flexibility index (Phi) is 4.39. The third kappa shape index (κ3) is 3.45. The minimum absolute atomic E-state index is 0.146. The van der Waals surface area contributed by atoms with E-state index in [1.165, 1.54) is 0 Å². The first-order valence-electron chi connectivity index (χ1n) is 6.17. The van der Waals surface area contributed by atoms with Crippen LogP contribution in [0, 0.1) is 0 Å². The fourth-order valence-electron chi connectivity index (χ4n) is 1.74. The van der Waals surface area contributed by atoms with Crippen LogP contribution in [0.2, 0.25) is 5.02 Å². The number of nitrogens with two attached hydrogens (primary N) is 1. The van der Waals surface area contributed by atoms with Gasteiger partial charge in [0.1, 0.15) is 18.2 Å². The molecule has 19 heavy (non-hydrogen) atoms. The van der Waals surface area contributed by atoms with E-state index in [-0.39, 0.29) is 6.04 Å². The van der Waals surface area contributed by atoms with Gasteiger partial charge in [0.05, 0.1) is 6.04 Å². The van der Waals surface area contributed by atoms with Crippen LogP contribution in [0.4, 0.5) is 0 Å². The third-order valence-corrected chi connectivity index (χ3v) is 2.85. The van der Waals surface area contributed by atoms with Gasteiger partial charge in [0.15, 0.2) is 5.82 Å². The van der Waals surface area contributed by atoms with Crippen molar-refractivity contribution in [2.45, 2.75) is 33.0 Å². The normalized spacial score (nSPS) is 12.4. The van der Waals surface area contributed by atoms with E-state index in [4.69, 9.17) is 22.1 Å². The summed E-state index contributed by atoms with van der Waals surface area (Å²) in [4.78, 5) is 4.39. The third-order valence-electron chi connectivity index (χ3n) is 2.62. The van der Waals surface area contributed by atoms with E-state index in [1.54, 1.807) is 16.8 Å². The van der Waals surface area contributed by atoms with Crippen LogP contribution in [0.3, 0.4) is 0 Å². The van der Waals surface area contributed by atoms with Gasteiger partial charge in [-0.1, -0.05) is 17.7 Å². The lowest BCUT2D eigenvalue weighted by Gasteiger charge is -2.04. The monoisotopic (exact) mass is 280 g/mol. The van der Waals surface area contributed by atoms with Crippen LogP contribution in [0.1, 0.15) is 31.5 Å². The lowest BCUT2D eigenvalue weighted by molar-refractivity contribution is 0.295. The molecule has 0 aliphatic carbocycles. The summed E-state index contributed by atoms with van der Waals surface area (Å²) in [6.07, 6.45) is 0. The molecule has 0 saturated heterocycles. The molecule has 5 nitrogen and oxygen atoms in total. The van der Waals surface area contributed by atoms with Crippen LogP contribution in [-0.2, 0) is 13.2 Å². The Morgan fingerprint density at radius 1 is 1.47 bits per heavy atom. The quantitative estimate of drug-likeness (QED) is 0.914. The Morgan fingerprint density at radius 2 is 2.26 bits per heavy atom. The van der Waals surface area contributed by atoms with E-state index >= 15 is 0 Å². The molecular weight excluding hydrogens is 264 g/mol. The number of hydrogen-bond donors (Lipinski definition) is 1. The standard InChI is InChI=1S/C13H17ClN4O/c1-3-18-13(9(2)15)16-12(17-18)8-19-11-6-4-5-10(14)7-11/h4-7,9H,3,8,15H2,1-2H3/t9-/m1/s1. The highest BCUT2D eigenvalue weighted by Crippen LogP contribution is 2.18. The minimum atomic E-state index is -0.146. The van der Waals surface area contributed by atoms with Crippen molar-refractivity contribution < 1.29 is 4.74 Å². The fraction of sp³-hybridized carbons (Fsp3) is 0.385. The molecule has 0 spiro atoms. The molecule has 0 amide bonds. The molecule has 0 bridgehead atoms. The Labute approximate surface area is 117 Å². The first-order valence-corrected chi connectivity index (χ1v) is 6.55. The topological polar surface area (TPSA) is 66.0 Å². The summed E-state index contributed by atoms with van der Waals surface area (Å²) in [6.45, 7) is 4.92. The Balaban J connectivity index is 2.07. The predicted octanol–water partition coefficient (Wildman–Crippen LogP) is 2.55. The zero-order chi connectivity index (χ0) is 13.8. The highest BCUT2D eigenvalue weighted by molar-refractivity contribution is 6.30. The molecule has 0 aliphatic heterocycles. The molecule has 0 radical (unpaired) electrons. The molecular formula is C13H17ClN4O. The van der Waals surface area contributed by atoms with E-state index in [0.29, 0.717) is 23.2 Å². The van der Waals surface area contributed by atoms with E-state index < -0.39 is 0 Å². The van der Waals surface area contributed by atoms with Gasteiger partial charge in [-0.2, -0.15) is 5.10 Å². The molecule has 1 heterocycles. The van der Waals surface area contributed by atoms with Crippen molar-refractivity contribution in [3.05, 3.63) is 40.9 Å². The molecule has 1 aromatic carbocycles. The molecule has 0 saturated carbocycles. The Bertz CT molecular complexity index is 553. The fourth-order valence-corrected chi connectivity index (χ4v) is 1.92. The number of aryl methyl sites for hydroxylation is 1. The highest BCUT2D eigenvalue weighted by atomic mass is 35.5. The second-order valence-corrected chi connectivity index (χ2v) is 4.67. The first kappa shape index (κ1) is 13.8. The highest BCUT2D eigenvalue weighted by Gasteiger charge is 2.12. The number of nitrogens with zero attached hydrogens (tertiary/aromatic N) is 3. The second kappa shape index (κ2) is 6.04. The lowest BCUT2D eigenvalue weighted by Crippen LogP contribution is -2.13. The van der Waals surface area contributed by atoms with E-state index in [0.717, 1.165) is 12.4 Å².